The van der Waals surface area contributed by atoms with Crippen molar-refractivity contribution in [2.24, 2.45) is 0 Å². The highest BCUT2D eigenvalue weighted by atomic mass is 19.4. The van der Waals surface area contributed by atoms with Crippen LogP contribution in [0.4, 0.5) is 24.7 Å². The number of alkyl halides is 3. The Labute approximate surface area is 156 Å². The molecule has 4 rings (SSSR count). The average molecular weight is 392 g/mol. The number of imide groups is 1. The molecule has 1 aromatic heterocycles. The number of nitrogens with one attached hydrogen (secondary N) is 1. The van der Waals surface area contributed by atoms with Crippen LogP contribution in [0.2, 0.25) is 0 Å². The summed E-state index contributed by atoms with van der Waals surface area (Å²) in [5, 5.41) is 2.01. The summed E-state index contributed by atoms with van der Waals surface area (Å²) in [6, 6.07) is 4.38. The zero-order valence-electron chi connectivity index (χ0n) is 14.5. The van der Waals surface area contributed by atoms with Crippen LogP contribution in [0.3, 0.4) is 0 Å². The van der Waals surface area contributed by atoms with Crippen LogP contribution in [-0.4, -0.2) is 29.5 Å². The Bertz CT molecular complexity index is 1070. The van der Waals surface area contributed by atoms with Gasteiger partial charge in [-0.2, -0.15) is 13.2 Å². The molecule has 0 unspecified atom stereocenters. The Balaban J connectivity index is 1.92. The van der Waals surface area contributed by atoms with E-state index in [1.54, 1.807) is 4.90 Å². The summed E-state index contributed by atoms with van der Waals surface area (Å²) in [7, 11) is 0. The van der Waals surface area contributed by atoms with Crippen molar-refractivity contribution >= 4 is 23.3 Å². The highest BCUT2D eigenvalue weighted by molar-refractivity contribution is 6.23. The lowest BCUT2D eigenvalue weighted by molar-refractivity contribution is -0.137. The smallest absolute Gasteiger partial charge is 0.384 e. The number of anilines is 2. The third-order valence-electron chi connectivity index (χ3n) is 4.94. The van der Waals surface area contributed by atoms with E-state index in [4.69, 9.17) is 5.73 Å². The molecule has 3 N–H and O–H groups in total. The molecular weight excluding hydrogens is 377 g/mol. The van der Waals surface area contributed by atoms with Gasteiger partial charge in [0.1, 0.15) is 5.82 Å². The number of rotatable bonds is 2. The number of nitrogen functional groups attached to an aromatic ring is 1. The van der Waals surface area contributed by atoms with E-state index in [9.17, 15) is 27.6 Å². The third-order valence-corrected chi connectivity index (χ3v) is 4.94. The number of pyridine rings is 1. The summed E-state index contributed by atoms with van der Waals surface area (Å²) >= 11 is 0. The molecule has 146 valence electrons. The molecule has 0 aliphatic carbocycles. The van der Waals surface area contributed by atoms with Crippen LogP contribution in [0.5, 0.6) is 0 Å². The third kappa shape index (κ3) is 2.72. The van der Waals surface area contributed by atoms with E-state index < -0.39 is 29.1 Å². The number of amides is 2. The van der Waals surface area contributed by atoms with Crippen LogP contribution in [0.15, 0.2) is 29.1 Å². The van der Waals surface area contributed by atoms with E-state index in [0.29, 0.717) is 13.1 Å². The van der Waals surface area contributed by atoms with Gasteiger partial charge in [0.25, 0.3) is 17.4 Å². The van der Waals surface area contributed by atoms with Gasteiger partial charge in [-0.1, -0.05) is 0 Å². The van der Waals surface area contributed by atoms with Crippen LogP contribution in [0, 0.1) is 0 Å². The first-order chi connectivity index (χ1) is 13.2. The molecule has 0 spiro atoms. The van der Waals surface area contributed by atoms with Crippen molar-refractivity contribution in [1.82, 2.24) is 9.88 Å². The Morgan fingerprint density at radius 3 is 2.32 bits per heavy atom. The second-order valence-corrected chi connectivity index (χ2v) is 6.67. The van der Waals surface area contributed by atoms with Crippen LogP contribution < -0.4 is 21.5 Å². The van der Waals surface area contributed by atoms with Crippen LogP contribution in [0.1, 0.15) is 39.1 Å². The average Bonchev–Trinajstić information content (AvgIpc) is 3.23. The van der Waals surface area contributed by atoms with E-state index in [1.165, 1.54) is 12.1 Å². The maximum atomic E-state index is 13.7. The van der Waals surface area contributed by atoms with Crippen LogP contribution in [0.25, 0.3) is 5.69 Å². The molecule has 10 heteroatoms. The topological polar surface area (TPSA) is 97.4 Å². The first-order valence-electron chi connectivity index (χ1n) is 8.56. The normalized spacial score (nSPS) is 16.5. The second-order valence-electron chi connectivity index (χ2n) is 6.67. The molecule has 3 heterocycles. The molecule has 2 aromatic rings. The quantitative estimate of drug-likeness (QED) is 0.761. The Morgan fingerprint density at radius 1 is 1.00 bits per heavy atom. The van der Waals surface area contributed by atoms with Crippen molar-refractivity contribution in [3.8, 4) is 5.69 Å². The van der Waals surface area contributed by atoms with E-state index >= 15 is 0 Å². The maximum absolute atomic E-state index is 13.7. The number of nitrogens with two attached hydrogens (primary N) is 1. The lowest BCUT2D eigenvalue weighted by atomic mass is 10.1. The molecule has 28 heavy (non-hydrogen) atoms. The lowest BCUT2D eigenvalue weighted by Crippen LogP contribution is -2.26. The predicted octanol–water partition coefficient (Wildman–Crippen LogP) is 1.92. The summed E-state index contributed by atoms with van der Waals surface area (Å²) in [5.41, 5.74) is 3.70. The summed E-state index contributed by atoms with van der Waals surface area (Å²) in [5.74, 6) is -1.94. The molecule has 1 fully saturated rings. The number of hydrogen-bond donors (Lipinski definition) is 2. The van der Waals surface area contributed by atoms with Crippen molar-refractivity contribution in [2.75, 3.05) is 23.7 Å². The van der Waals surface area contributed by atoms with Crippen molar-refractivity contribution in [3.63, 3.8) is 0 Å². The van der Waals surface area contributed by atoms with Crippen molar-refractivity contribution < 1.29 is 22.8 Å². The molecule has 7 nitrogen and oxygen atoms in total. The molecule has 2 aliphatic heterocycles. The molecule has 0 saturated carbocycles. The minimum Gasteiger partial charge on any atom is -0.384 e. The predicted molar refractivity (Wildman–Crippen MR) is 94.7 cm³/mol. The number of carbonyl (C=O) groups excluding carboxylic acids is 2. The molecule has 1 saturated heterocycles. The second kappa shape index (κ2) is 6.11. The number of benzene rings is 1. The molecular formula is C18H15F3N4O3. The first-order valence-corrected chi connectivity index (χ1v) is 8.56. The zero-order chi connectivity index (χ0) is 20.2. The highest BCUT2D eigenvalue weighted by Crippen LogP contribution is 2.39. The van der Waals surface area contributed by atoms with E-state index in [1.807, 2.05) is 5.32 Å². The maximum Gasteiger partial charge on any atom is 0.418 e. The Hall–Kier alpha value is -3.30. The molecule has 0 atom stereocenters. The lowest BCUT2D eigenvalue weighted by Gasteiger charge is -2.24. The van der Waals surface area contributed by atoms with Gasteiger partial charge in [-0.05, 0) is 31.0 Å². The van der Waals surface area contributed by atoms with Crippen molar-refractivity contribution in [2.45, 2.75) is 19.0 Å². The van der Waals surface area contributed by atoms with Gasteiger partial charge in [-0.15, -0.1) is 0 Å². The fourth-order valence-corrected chi connectivity index (χ4v) is 3.67. The van der Waals surface area contributed by atoms with E-state index in [0.717, 1.165) is 29.5 Å². The Morgan fingerprint density at radius 2 is 1.68 bits per heavy atom. The largest absolute Gasteiger partial charge is 0.418 e. The zero-order valence-corrected chi connectivity index (χ0v) is 14.5. The van der Waals surface area contributed by atoms with E-state index in [2.05, 4.69) is 0 Å². The molecule has 2 aliphatic rings. The van der Waals surface area contributed by atoms with Gasteiger partial charge in [0.15, 0.2) is 0 Å². The summed E-state index contributed by atoms with van der Waals surface area (Å²) in [6.45, 7) is 1.04. The minimum atomic E-state index is -4.64. The SMILES string of the molecule is Nc1c2c(cc(=O)n1-c1ccc(N3CCCC3)c(C(F)(F)F)c1)C(=O)NC2=O. The number of nitrogens with zero attached hydrogens (tertiary/aromatic N) is 2. The first kappa shape index (κ1) is 18.1. The Kier molecular flexibility index (Phi) is 3.95. The molecule has 2 amide bonds. The number of aromatic nitrogens is 1. The van der Waals surface area contributed by atoms with Crippen molar-refractivity contribution in [1.29, 1.82) is 0 Å². The molecule has 0 bridgehead atoms. The number of fused-ring (bicyclic) bond motifs is 1. The summed E-state index contributed by atoms with van der Waals surface area (Å²) in [4.78, 5) is 37.7. The van der Waals surface area contributed by atoms with Gasteiger partial charge in [0, 0.05) is 24.8 Å². The fourth-order valence-electron chi connectivity index (χ4n) is 3.67. The number of halogens is 3. The van der Waals surface area contributed by atoms with Gasteiger partial charge in [-0.3, -0.25) is 24.3 Å². The minimum absolute atomic E-state index is 0.0365. The standard InChI is InChI=1S/C18H15F3N4O3/c19-18(20,21)11-7-9(3-4-12(11)24-5-1-2-6-24)25-13(26)8-10-14(15(25)22)17(28)23-16(10)27/h3-4,7-8H,1-2,5-6,22H2,(H,23,27,28). The van der Waals surface area contributed by atoms with Gasteiger partial charge in [0.05, 0.1) is 22.4 Å². The van der Waals surface area contributed by atoms with Gasteiger partial charge in [-0.25, -0.2) is 0 Å². The highest BCUT2D eigenvalue weighted by Gasteiger charge is 2.37. The van der Waals surface area contributed by atoms with Crippen LogP contribution >= 0.6 is 0 Å². The van der Waals surface area contributed by atoms with Gasteiger partial charge >= 0.3 is 6.18 Å². The monoisotopic (exact) mass is 392 g/mol. The molecule has 1 aromatic carbocycles. The summed E-state index contributed by atoms with van der Waals surface area (Å²) < 4.78 is 41.8. The molecule has 0 radical (unpaired) electrons. The van der Waals surface area contributed by atoms with Gasteiger partial charge < -0.3 is 10.6 Å². The van der Waals surface area contributed by atoms with Crippen LogP contribution in [-0.2, 0) is 6.18 Å². The number of carbonyl (C=O) groups is 2. The van der Waals surface area contributed by atoms with Crippen molar-refractivity contribution in [3.05, 3.63) is 51.3 Å². The summed E-state index contributed by atoms with van der Waals surface area (Å²) in [6.07, 6.45) is -3.03. The van der Waals surface area contributed by atoms with E-state index in [-0.39, 0.29) is 28.3 Å². The fraction of sp³-hybridized carbons (Fsp3) is 0.278. The van der Waals surface area contributed by atoms with Gasteiger partial charge in [0.2, 0.25) is 0 Å². The number of hydrogen-bond acceptors (Lipinski definition) is 5.